The van der Waals surface area contributed by atoms with E-state index < -0.39 is 0 Å². The van der Waals surface area contributed by atoms with Gasteiger partial charge in [0.2, 0.25) is 0 Å². The van der Waals surface area contributed by atoms with E-state index in [4.69, 9.17) is 4.98 Å². The van der Waals surface area contributed by atoms with Crippen LogP contribution < -0.4 is 0 Å². The fourth-order valence-electron chi connectivity index (χ4n) is 2.80. The lowest BCUT2D eigenvalue weighted by Gasteiger charge is -2.18. The van der Waals surface area contributed by atoms with Crippen LogP contribution in [0, 0.1) is 0 Å². The monoisotopic (exact) mass is 335 g/mol. The maximum Gasteiger partial charge on any atom is 0.0966 e. The van der Waals surface area contributed by atoms with Gasteiger partial charge in [-0.25, -0.2) is 4.98 Å². The summed E-state index contributed by atoms with van der Waals surface area (Å²) in [6.07, 6.45) is 6.79. The van der Waals surface area contributed by atoms with Crippen LogP contribution in [-0.4, -0.2) is 4.98 Å². The van der Waals surface area contributed by atoms with Crippen LogP contribution >= 0.6 is 27.3 Å². The van der Waals surface area contributed by atoms with Crippen molar-refractivity contribution in [1.29, 1.82) is 0 Å². The van der Waals surface area contributed by atoms with E-state index in [2.05, 4.69) is 46.3 Å². The van der Waals surface area contributed by atoms with E-state index in [1.54, 1.807) is 0 Å². The fourth-order valence-corrected chi connectivity index (χ4v) is 4.65. The molecule has 3 rings (SSSR count). The number of benzene rings is 1. The van der Waals surface area contributed by atoms with E-state index in [9.17, 15) is 0 Å². The summed E-state index contributed by atoms with van der Waals surface area (Å²) in [4.78, 5) is 6.25. The molecule has 0 spiro atoms. The zero-order chi connectivity index (χ0) is 13.1. The minimum absolute atomic E-state index is 0.703. The minimum Gasteiger partial charge on any atom is -0.244 e. The largest absolute Gasteiger partial charge is 0.244 e. The highest BCUT2D eigenvalue weighted by atomic mass is 79.9. The molecule has 0 atom stereocenters. The first-order valence-corrected chi connectivity index (χ1v) is 8.93. The Kier molecular flexibility index (Phi) is 4.34. The molecule has 0 bridgehead atoms. The molecule has 1 saturated carbocycles. The lowest BCUT2D eigenvalue weighted by atomic mass is 9.90. The van der Waals surface area contributed by atoms with Crippen LogP contribution in [0.5, 0.6) is 0 Å². The minimum atomic E-state index is 0.703. The van der Waals surface area contributed by atoms with Gasteiger partial charge in [-0.3, -0.25) is 0 Å². The lowest BCUT2D eigenvalue weighted by Crippen LogP contribution is -2.03. The Hall–Kier alpha value is -0.670. The molecule has 19 heavy (non-hydrogen) atoms. The molecule has 0 radical (unpaired) electrons. The molecule has 1 aliphatic carbocycles. The van der Waals surface area contributed by atoms with Crippen molar-refractivity contribution in [3.8, 4) is 10.4 Å². The van der Waals surface area contributed by atoms with Crippen LogP contribution in [0.15, 0.2) is 30.3 Å². The number of halogens is 1. The van der Waals surface area contributed by atoms with Gasteiger partial charge < -0.3 is 0 Å². The molecule has 100 valence electrons. The average Bonchev–Trinajstić information content (AvgIpc) is 2.93. The average molecular weight is 336 g/mol. The molecule has 0 saturated heterocycles. The van der Waals surface area contributed by atoms with Crippen molar-refractivity contribution in [2.75, 3.05) is 0 Å². The first-order valence-electron chi connectivity index (χ1n) is 6.99. The Bertz CT molecular complexity index is 529. The van der Waals surface area contributed by atoms with Crippen molar-refractivity contribution in [3.05, 3.63) is 41.0 Å². The van der Waals surface area contributed by atoms with Gasteiger partial charge in [-0.15, -0.1) is 11.3 Å². The number of rotatable bonds is 3. The number of hydrogen-bond donors (Lipinski definition) is 0. The molecule has 1 fully saturated rings. The van der Waals surface area contributed by atoms with E-state index in [-0.39, 0.29) is 0 Å². The second kappa shape index (κ2) is 6.19. The van der Waals surface area contributed by atoms with Crippen LogP contribution in [0.1, 0.15) is 48.7 Å². The smallest absolute Gasteiger partial charge is 0.0966 e. The van der Waals surface area contributed by atoms with E-state index >= 15 is 0 Å². The molecule has 1 aromatic heterocycles. The molecule has 1 heterocycles. The van der Waals surface area contributed by atoms with E-state index in [0.29, 0.717) is 5.92 Å². The van der Waals surface area contributed by atoms with Crippen molar-refractivity contribution in [3.63, 3.8) is 0 Å². The zero-order valence-electron chi connectivity index (χ0n) is 10.9. The Morgan fingerprint density at radius 2 is 1.84 bits per heavy atom. The molecule has 0 aliphatic heterocycles. The second-order valence-electron chi connectivity index (χ2n) is 5.16. The summed E-state index contributed by atoms with van der Waals surface area (Å²) in [5.41, 5.74) is 2.51. The summed E-state index contributed by atoms with van der Waals surface area (Å²) in [6.45, 7) is 0. The third kappa shape index (κ3) is 2.92. The highest BCUT2D eigenvalue weighted by Gasteiger charge is 2.21. The molecule has 0 amide bonds. The number of nitrogens with zero attached hydrogens (tertiary/aromatic N) is 1. The molecule has 1 nitrogen and oxygen atoms in total. The Balaban J connectivity index is 1.94. The number of alkyl halides is 1. The fraction of sp³-hybridized carbons (Fsp3) is 0.438. The zero-order valence-corrected chi connectivity index (χ0v) is 13.3. The van der Waals surface area contributed by atoms with Crippen LogP contribution in [0.2, 0.25) is 0 Å². The molecular formula is C16H18BrNS. The molecule has 1 aromatic carbocycles. The number of aromatic nitrogens is 1. The standard InChI is InChI=1S/C16H18BrNS/c17-11-14-15(12-7-3-1-4-8-12)19-16(18-14)13-9-5-2-6-10-13/h1,3-4,7-8,13H,2,5-6,9-11H2. The lowest BCUT2D eigenvalue weighted by molar-refractivity contribution is 0.442. The molecule has 0 unspecified atom stereocenters. The van der Waals surface area contributed by atoms with Gasteiger partial charge in [0.1, 0.15) is 0 Å². The normalized spacial score (nSPS) is 16.7. The van der Waals surface area contributed by atoms with E-state index in [0.717, 1.165) is 5.33 Å². The SMILES string of the molecule is BrCc1nc(C2CCCCC2)sc1-c1ccccc1. The summed E-state index contributed by atoms with van der Waals surface area (Å²) >= 11 is 5.49. The van der Waals surface area contributed by atoms with Crippen LogP contribution in [0.4, 0.5) is 0 Å². The van der Waals surface area contributed by atoms with Gasteiger partial charge in [0.25, 0.3) is 0 Å². The molecule has 3 heteroatoms. The number of thiazole rings is 1. The van der Waals surface area contributed by atoms with Gasteiger partial charge in [0, 0.05) is 11.2 Å². The summed E-state index contributed by atoms with van der Waals surface area (Å²) in [5.74, 6) is 0.703. The maximum absolute atomic E-state index is 4.90. The molecule has 0 N–H and O–H groups in total. The van der Waals surface area contributed by atoms with Gasteiger partial charge in [0.05, 0.1) is 15.6 Å². The van der Waals surface area contributed by atoms with Gasteiger partial charge in [0.15, 0.2) is 0 Å². The predicted octanol–water partition coefficient (Wildman–Crippen LogP) is 5.75. The summed E-state index contributed by atoms with van der Waals surface area (Å²) < 4.78 is 0. The maximum atomic E-state index is 4.90. The highest BCUT2D eigenvalue weighted by molar-refractivity contribution is 9.08. The highest BCUT2D eigenvalue weighted by Crippen LogP contribution is 2.39. The Morgan fingerprint density at radius 1 is 1.11 bits per heavy atom. The third-order valence-corrected chi connectivity index (χ3v) is 5.67. The first kappa shape index (κ1) is 13.3. The van der Waals surface area contributed by atoms with E-state index in [1.807, 2.05) is 11.3 Å². The third-order valence-electron chi connectivity index (χ3n) is 3.83. The van der Waals surface area contributed by atoms with Gasteiger partial charge in [-0.05, 0) is 18.4 Å². The Morgan fingerprint density at radius 3 is 2.53 bits per heavy atom. The van der Waals surface area contributed by atoms with Gasteiger partial charge >= 0.3 is 0 Å². The van der Waals surface area contributed by atoms with E-state index in [1.165, 1.54) is 53.2 Å². The molecular weight excluding hydrogens is 318 g/mol. The summed E-state index contributed by atoms with van der Waals surface area (Å²) in [7, 11) is 0. The van der Waals surface area contributed by atoms with Crippen molar-refractivity contribution in [2.24, 2.45) is 0 Å². The number of hydrogen-bond acceptors (Lipinski definition) is 2. The predicted molar refractivity (Wildman–Crippen MR) is 86.0 cm³/mol. The summed E-state index contributed by atoms with van der Waals surface area (Å²) in [5, 5.41) is 2.20. The van der Waals surface area contributed by atoms with Gasteiger partial charge in [-0.1, -0.05) is 65.5 Å². The quantitative estimate of drug-likeness (QED) is 0.650. The van der Waals surface area contributed by atoms with Crippen molar-refractivity contribution in [1.82, 2.24) is 4.98 Å². The molecule has 2 aromatic rings. The Labute approximate surface area is 127 Å². The van der Waals surface area contributed by atoms with Crippen molar-refractivity contribution < 1.29 is 0 Å². The van der Waals surface area contributed by atoms with Crippen LogP contribution in [-0.2, 0) is 5.33 Å². The van der Waals surface area contributed by atoms with Crippen molar-refractivity contribution >= 4 is 27.3 Å². The van der Waals surface area contributed by atoms with Crippen LogP contribution in [0.25, 0.3) is 10.4 Å². The van der Waals surface area contributed by atoms with Gasteiger partial charge in [-0.2, -0.15) is 0 Å². The van der Waals surface area contributed by atoms with Crippen LogP contribution in [0.3, 0.4) is 0 Å². The van der Waals surface area contributed by atoms with Crippen molar-refractivity contribution in [2.45, 2.75) is 43.4 Å². The first-order chi connectivity index (χ1) is 9.38. The summed E-state index contributed by atoms with van der Waals surface area (Å²) in [6, 6.07) is 10.6. The molecule has 1 aliphatic rings. The topological polar surface area (TPSA) is 12.9 Å². The second-order valence-corrected chi connectivity index (χ2v) is 6.75.